The van der Waals surface area contributed by atoms with Gasteiger partial charge in [0.15, 0.2) is 11.6 Å². The summed E-state index contributed by atoms with van der Waals surface area (Å²) >= 11 is 0. The van der Waals surface area contributed by atoms with Crippen LogP contribution in [-0.4, -0.2) is 61.2 Å². The Morgan fingerprint density at radius 3 is 2.90 bits per heavy atom. The minimum absolute atomic E-state index is 0.403. The minimum Gasteiger partial charge on any atom is -0.490 e. The van der Waals surface area contributed by atoms with Gasteiger partial charge in [0.25, 0.3) is 0 Å². The third-order valence-corrected chi connectivity index (χ3v) is 3.85. The van der Waals surface area contributed by atoms with Gasteiger partial charge in [-0.3, -0.25) is 0 Å². The van der Waals surface area contributed by atoms with Crippen LogP contribution in [0.2, 0.25) is 0 Å². The maximum Gasteiger partial charge on any atom is 0.204 e. The molecule has 1 saturated heterocycles. The molecule has 6 nitrogen and oxygen atoms in total. The molecule has 118 valence electrons. The molecule has 0 aromatic carbocycles. The normalized spacial score (nSPS) is 20.2. The van der Waals surface area contributed by atoms with Gasteiger partial charge in [-0.15, -0.1) is 0 Å². The smallest absolute Gasteiger partial charge is 0.204 e. The van der Waals surface area contributed by atoms with E-state index < -0.39 is 0 Å². The van der Waals surface area contributed by atoms with Gasteiger partial charge in [0, 0.05) is 25.7 Å². The number of methoxy groups -OCH3 is 1. The van der Waals surface area contributed by atoms with Crippen LogP contribution in [0.5, 0.6) is 5.75 Å². The van der Waals surface area contributed by atoms with E-state index in [9.17, 15) is 0 Å². The van der Waals surface area contributed by atoms with Crippen molar-refractivity contribution in [3.8, 4) is 5.75 Å². The number of likely N-dealkylation sites (N-methyl/N-ethyl adjacent to an activating group) is 1. The first-order chi connectivity index (χ1) is 10.2. The van der Waals surface area contributed by atoms with E-state index in [4.69, 9.17) is 4.74 Å². The number of aromatic nitrogens is 2. The predicted octanol–water partition coefficient (Wildman–Crippen LogP) is 1.84. The van der Waals surface area contributed by atoms with Crippen LogP contribution in [0.15, 0.2) is 6.33 Å². The molecule has 0 aliphatic carbocycles. The summed E-state index contributed by atoms with van der Waals surface area (Å²) in [4.78, 5) is 13.5. The summed E-state index contributed by atoms with van der Waals surface area (Å²) in [6.07, 6.45) is 3.80. The highest BCUT2D eigenvalue weighted by Crippen LogP contribution is 2.33. The molecular formula is C15H27N5O. The molecule has 1 unspecified atom stereocenters. The molecule has 6 heteroatoms. The molecule has 1 aliphatic heterocycles. The second-order valence-corrected chi connectivity index (χ2v) is 5.66. The van der Waals surface area contributed by atoms with Crippen LogP contribution < -0.4 is 15.0 Å². The fourth-order valence-electron chi connectivity index (χ4n) is 2.81. The van der Waals surface area contributed by atoms with Gasteiger partial charge in [0.1, 0.15) is 6.33 Å². The van der Waals surface area contributed by atoms with E-state index in [1.54, 1.807) is 13.4 Å². The topological polar surface area (TPSA) is 53.5 Å². The van der Waals surface area contributed by atoms with Gasteiger partial charge < -0.3 is 19.9 Å². The number of ether oxygens (including phenoxy) is 1. The van der Waals surface area contributed by atoms with Crippen LogP contribution in [0.4, 0.5) is 11.6 Å². The Labute approximate surface area is 127 Å². The molecular weight excluding hydrogens is 266 g/mol. The van der Waals surface area contributed by atoms with Gasteiger partial charge in [-0.25, -0.2) is 9.97 Å². The lowest BCUT2D eigenvalue weighted by atomic mass is 10.2. The maximum atomic E-state index is 5.60. The van der Waals surface area contributed by atoms with E-state index in [1.807, 2.05) is 0 Å². The molecule has 0 saturated carbocycles. The minimum atomic E-state index is 0.403. The second-order valence-electron chi connectivity index (χ2n) is 5.66. The lowest BCUT2D eigenvalue weighted by Gasteiger charge is -2.30. The molecule has 0 amide bonds. The van der Waals surface area contributed by atoms with Crippen LogP contribution in [0.25, 0.3) is 0 Å². The highest BCUT2D eigenvalue weighted by atomic mass is 16.5. The number of anilines is 2. The number of nitrogens with zero attached hydrogens (tertiary/aromatic N) is 4. The highest BCUT2D eigenvalue weighted by Gasteiger charge is 2.25. The molecule has 1 N–H and O–H groups in total. The van der Waals surface area contributed by atoms with Crippen LogP contribution in [0, 0.1) is 0 Å². The molecule has 1 fully saturated rings. The van der Waals surface area contributed by atoms with E-state index in [0.29, 0.717) is 6.04 Å². The third-order valence-electron chi connectivity index (χ3n) is 3.85. The number of hydrogen-bond donors (Lipinski definition) is 1. The Kier molecular flexibility index (Phi) is 5.61. The fourth-order valence-corrected chi connectivity index (χ4v) is 2.81. The van der Waals surface area contributed by atoms with Gasteiger partial charge in [0.05, 0.1) is 7.11 Å². The molecule has 1 aromatic heterocycles. The molecule has 0 bridgehead atoms. The Hall–Kier alpha value is -1.56. The van der Waals surface area contributed by atoms with Crippen LogP contribution in [0.3, 0.4) is 0 Å². The zero-order valence-corrected chi connectivity index (χ0v) is 13.6. The van der Waals surface area contributed by atoms with E-state index in [0.717, 1.165) is 56.4 Å². The summed E-state index contributed by atoms with van der Waals surface area (Å²) in [7, 11) is 3.86. The average Bonchev–Trinajstić information content (AvgIpc) is 2.64. The molecule has 2 heterocycles. The van der Waals surface area contributed by atoms with Crippen LogP contribution in [-0.2, 0) is 0 Å². The van der Waals surface area contributed by atoms with Crippen molar-refractivity contribution in [1.82, 2.24) is 14.9 Å². The van der Waals surface area contributed by atoms with Crippen molar-refractivity contribution in [3.05, 3.63) is 6.33 Å². The van der Waals surface area contributed by atoms with Gasteiger partial charge >= 0.3 is 0 Å². The summed E-state index contributed by atoms with van der Waals surface area (Å²) in [6.45, 7) is 8.40. The quantitative estimate of drug-likeness (QED) is 0.894. The Bertz CT molecular complexity index is 454. The van der Waals surface area contributed by atoms with E-state index in [1.165, 1.54) is 0 Å². The van der Waals surface area contributed by atoms with Crippen molar-refractivity contribution in [3.63, 3.8) is 0 Å². The van der Waals surface area contributed by atoms with Gasteiger partial charge in [-0.2, -0.15) is 0 Å². The maximum absolute atomic E-state index is 5.60. The van der Waals surface area contributed by atoms with Gasteiger partial charge in [0.2, 0.25) is 5.75 Å². The van der Waals surface area contributed by atoms with Crippen molar-refractivity contribution in [2.75, 3.05) is 50.6 Å². The second kappa shape index (κ2) is 7.45. The highest BCUT2D eigenvalue weighted by molar-refractivity contribution is 5.65. The Morgan fingerprint density at radius 1 is 1.38 bits per heavy atom. The molecule has 1 aliphatic rings. The Balaban J connectivity index is 2.28. The monoisotopic (exact) mass is 293 g/mol. The zero-order valence-electron chi connectivity index (χ0n) is 13.6. The summed E-state index contributed by atoms with van der Waals surface area (Å²) in [6, 6.07) is 0.403. The lowest BCUT2D eigenvalue weighted by molar-refractivity contribution is 0.336. The van der Waals surface area contributed by atoms with Crippen molar-refractivity contribution in [1.29, 1.82) is 0 Å². The van der Waals surface area contributed by atoms with Crippen molar-refractivity contribution in [2.24, 2.45) is 0 Å². The first-order valence-electron chi connectivity index (χ1n) is 7.75. The first kappa shape index (κ1) is 15.8. The van der Waals surface area contributed by atoms with E-state index in [-0.39, 0.29) is 0 Å². The van der Waals surface area contributed by atoms with Crippen molar-refractivity contribution < 1.29 is 4.74 Å². The molecule has 21 heavy (non-hydrogen) atoms. The van der Waals surface area contributed by atoms with Crippen molar-refractivity contribution >= 4 is 11.6 Å². The largest absolute Gasteiger partial charge is 0.490 e. The van der Waals surface area contributed by atoms with E-state index >= 15 is 0 Å². The predicted molar refractivity (Wildman–Crippen MR) is 86.3 cm³/mol. The summed E-state index contributed by atoms with van der Waals surface area (Å²) in [5.41, 5.74) is 0. The van der Waals surface area contributed by atoms with Crippen molar-refractivity contribution in [2.45, 2.75) is 32.7 Å². The average molecular weight is 293 g/mol. The Morgan fingerprint density at radius 2 is 2.19 bits per heavy atom. The zero-order chi connectivity index (χ0) is 15.2. The summed E-state index contributed by atoms with van der Waals surface area (Å²) < 4.78 is 5.60. The summed E-state index contributed by atoms with van der Waals surface area (Å²) in [5.74, 6) is 2.44. The first-order valence-corrected chi connectivity index (χ1v) is 7.75. The fraction of sp³-hybridized carbons (Fsp3) is 0.733. The molecule has 0 spiro atoms. The van der Waals surface area contributed by atoms with Gasteiger partial charge in [-0.05, 0) is 33.4 Å². The number of hydrogen-bond acceptors (Lipinski definition) is 6. The lowest BCUT2D eigenvalue weighted by Crippen LogP contribution is -2.38. The molecule has 1 atom stereocenters. The van der Waals surface area contributed by atoms with Crippen LogP contribution >= 0.6 is 0 Å². The SMILES string of the molecule is CCCNc1ncnc(N2CCCN(C)CC2C)c1OC. The standard InChI is InChI=1S/C15H27N5O/c1-5-7-16-14-13(21-4)15(18-11-17-14)20-9-6-8-19(3)10-12(20)2/h11-12H,5-10H2,1-4H3,(H,16,17,18). The van der Waals surface area contributed by atoms with E-state index in [2.05, 4.69) is 46.0 Å². The molecule has 2 rings (SSSR count). The van der Waals surface area contributed by atoms with Crippen LogP contribution in [0.1, 0.15) is 26.7 Å². The third kappa shape index (κ3) is 3.75. The molecule has 1 aromatic rings. The summed E-state index contributed by atoms with van der Waals surface area (Å²) in [5, 5.41) is 3.32. The van der Waals surface area contributed by atoms with Gasteiger partial charge in [-0.1, -0.05) is 6.92 Å². The number of rotatable bonds is 5. The molecule has 0 radical (unpaired) electrons. The number of nitrogens with one attached hydrogen (secondary N) is 1.